The number of pyridine rings is 1. The molecule has 0 fully saturated rings. The van der Waals surface area contributed by atoms with Crippen molar-refractivity contribution in [3.63, 3.8) is 0 Å². The van der Waals surface area contributed by atoms with Gasteiger partial charge in [-0.05, 0) is 17.7 Å². The van der Waals surface area contributed by atoms with Crippen LogP contribution in [0.4, 0.5) is 22.0 Å². The van der Waals surface area contributed by atoms with Gasteiger partial charge in [-0.25, -0.2) is 18.0 Å². The molecule has 1 aromatic rings. The van der Waals surface area contributed by atoms with Crippen molar-refractivity contribution in [3.8, 4) is 0 Å². The van der Waals surface area contributed by atoms with Gasteiger partial charge in [0, 0.05) is 6.26 Å². The fraction of sp³-hybridized carbons (Fsp3) is 0.400. The summed E-state index contributed by atoms with van der Waals surface area (Å²) in [5.74, 6) is -3.14. The molecule has 11 heteroatoms. The SMILES string of the molecule is CS(=O)(Cc1cc(Cl)nc(C(F)F)c1)=NC(=O)C(F)(F)F. The molecular weight excluding hydrogens is 343 g/mol. The van der Waals surface area contributed by atoms with E-state index in [0.717, 1.165) is 18.4 Å². The topological polar surface area (TPSA) is 59.4 Å². The number of aromatic nitrogens is 1. The Morgan fingerprint density at radius 2 is 2.00 bits per heavy atom. The summed E-state index contributed by atoms with van der Waals surface area (Å²) >= 11 is 5.49. The largest absolute Gasteiger partial charge is 0.474 e. The average molecular weight is 351 g/mol. The number of rotatable bonds is 3. The fourth-order valence-corrected chi connectivity index (χ4v) is 2.88. The summed E-state index contributed by atoms with van der Waals surface area (Å²) in [6.45, 7) is 0. The minimum absolute atomic E-state index is 0.0588. The maximum Gasteiger partial charge on any atom is 0.474 e. The van der Waals surface area contributed by atoms with Crippen LogP contribution in [-0.2, 0) is 20.3 Å². The fourth-order valence-electron chi connectivity index (χ4n) is 1.34. The molecule has 0 aliphatic carbocycles. The van der Waals surface area contributed by atoms with Crippen LogP contribution in [0, 0.1) is 0 Å². The molecular formula is C10H8ClF5N2O2S. The molecule has 0 bridgehead atoms. The molecule has 21 heavy (non-hydrogen) atoms. The minimum Gasteiger partial charge on any atom is -0.261 e. The van der Waals surface area contributed by atoms with Crippen LogP contribution in [0.15, 0.2) is 16.5 Å². The molecule has 0 radical (unpaired) electrons. The Morgan fingerprint density at radius 1 is 1.43 bits per heavy atom. The molecule has 1 rings (SSSR count). The van der Waals surface area contributed by atoms with Crippen LogP contribution < -0.4 is 0 Å². The number of nitrogens with zero attached hydrogens (tertiary/aromatic N) is 2. The highest BCUT2D eigenvalue weighted by atomic mass is 35.5. The first kappa shape index (κ1) is 17.8. The Balaban J connectivity index is 3.13. The molecule has 1 aromatic heterocycles. The number of alkyl halides is 5. The zero-order valence-electron chi connectivity index (χ0n) is 10.3. The summed E-state index contributed by atoms with van der Waals surface area (Å²) in [5, 5.41) is -0.333. The van der Waals surface area contributed by atoms with E-state index >= 15 is 0 Å². The number of carbonyl (C=O) groups excluding carboxylic acids is 1. The standard InChI is InChI=1S/C10H8ClF5N2O2S/c1-21(20,18-9(19)10(14,15)16)4-5-2-6(8(12)13)17-7(11)3-5/h2-3,8H,4H2,1H3. The van der Waals surface area contributed by atoms with E-state index < -0.39 is 39.7 Å². The van der Waals surface area contributed by atoms with Gasteiger partial charge < -0.3 is 0 Å². The zero-order valence-corrected chi connectivity index (χ0v) is 11.9. The highest BCUT2D eigenvalue weighted by molar-refractivity contribution is 7.92. The summed E-state index contributed by atoms with van der Waals surface area (Å²) in [5.41, 5.74) is -0.772. The van der Waals surface area contributed by atoms with Crippen LogP contribution in [0.5, 0.6) is 0 Å². The third kappa shape index (κ3) is 5.54. The highest BCUT2D eigenvalue weighted by Gasteiger charge is 2.39. The number of hydrogen-bond donors (Lipinski definition) is 0. The molecule has 1 unspecified atom stereocenters. The number of carbonyl (C=O) groups is 1. The Bertz CT molecular complexity index is 668. The van der Waals surface area contributed by atoms with Gasteiger partial charge in [0.1, 0.15) is 10.8 Å². The first-order chi connectivity index (χ1) is 9.40. The van der Waals surface area contributed by atoms with E-state index in [4.69, 9.17) is 11.6 Å². The Morgan fingerprint density at radius 3 is 2.48 bits per heavy atom. The molecule has 0 saturated heterocycles. The Kier molecular flexibility index (Phi) is 5.26. The van der Waals surface area contributed by atoms with Gasteiger partial charge in [-0.15, -0.1) is 0 Å². The van der Waals surface area contributed by atoms with Crippen molar-refractivity contribution in [1.29, 1.82) is 0 Å². The molecule has 1 amide bonds. The van der Waals surface area contributed by atoms with Crippen LogP contribution in [0.25, 0.3) is 0 Å². The van der Waals surface area contributed by atoms with Gasteiger partial charge in [-0.3, -0.25) is 4.79 Å². The summed E-state index contributed by atoms with van der Waals surface area (Å²) < 4.78 is 75.6. The summed E-state index contributed by atoms with van der Waals surface area (Å²) in [6.07, 6.45) is -7.39. The van der Waals surface area contributed by atoms with E-state index in [1.807, 2.05) is 0 Å². The normalized spacial score (nSPS) is 14.9. The van der Waals surface area contributed by atoms with E-state index in [9.17, 15) is 31.0 Å². The molecule has 0 aliphatic heterocycles. The maximum atomic E-state index is 12.5. The quantitative estimate of drug-likeness (QED) is 0.620. The van der Waals surface area contributed by atoms with E-state index in [2.05, 4.69) is 9.35 Å². The third-order valence-electron chi connectivity index (χ3n) is 2.05. The van der Waals surface area contributed by atoms with Crippen LogP contribution in [0.1, 0.15) is 17.7 Å². The van der Waals surface area contributed by atoms with Gasteiger partial charge in [-0.1, -0.05) is 11.6 Å². The summed E-state index contributed by atoms with van der Waals surface area (Å²) in [4.78, 5) is 14.0. The maximum absolute atomic E-state index is 12.5. The molecule has 0 aromatic carbocycles. The van der Waals surface area contributed by atoms with Gasteiger partial charge in [0.15, 0.2) is 0 Å². The van der Waals surface area contributed by atoms with Gasteiger partial charge in [0.05, 0.1) is 15.5 Å². The van der Waals surface area contributed by atoms with Crippen molar-refractivity contribution in [2.75, 3.05) is 6.26 Å². The van der Waals surface area contributed by atoms with Crippen molar-refractivity contribution in [1.82, 2.24) is 4.98 Å². The monoisotopic (exact) mass is 350 g/mol. The van der Waals surface area contributed by atoms with Gasteiger partial charge in [-0.2, -0.15) is 17.5 Å². The molecule has 0 N–H and O–H groups in total. The number of halogens is 6. The second-order valence-electron chi connectivity index (χ2n) is 4.02. The number of hydrogen-bond acceptors (Lipinski definition) is 3. The molecule has 1 atom stereocenters. The molecule has 0 saturated carbocycles. The van der Waals surface area contributed by atoms with Gasteiger partial charge >= 0.3 is 12.1 Å². The smallest absolute Gasteiger partial charge is 0.261 e. The Labute approximate surface area is 121 Å². The molecule has 1 heterocycles. The van der Waals surface area contributed by atoms with Gasteiger partial charge in [0.25, 0.3) is 6.43 Å². The summed E-state index contributed by atoms with van der Waals surface area (Å²) in [7, 11) is -3.60. The van der Waals surface area contributed by atoms with Crippen molar-refractivity contribution in [2.24, 2.45) is 4.36 Å². The van der Waals surface area contributed by atoms with Crippen molar-refractivity contribution in [2.45, 2.75) is 18.4 Å². The van der Waals surface area contributed by atoms with Crippen LogP contribution in [-0.4, -0.2) is 27.5 Å². The summed E-state index contributed by atoms with van der Waals surface area (Å²) in [6, 6.07) is 1.90. The second kappa shape index (κ2) is 6.22. The van der Waals surface area contributed by atoms with E-state index in [0.29, 0.717) is 0 Å². The Hall–Kier alpha value is -1.29. The molecule has 0 aliphatic rings. The third-order valence-corrected chi connectivity index (χ3v) is 3.66. The first-order valence-corrected chi connectivity index (χ1v) is 7.63. The van der Waals surface area contributed by atoms with Gasteiger partial charge in [0.2, 0.25) is 0 Å². The van der Waals surface area contributed by atoms with E-state index in [-0.39, 0.29) is 10.7 Å². The minimum atomic E-state index is -5.25. The molecule has 118 valence electrons. The predicted octanol–water partition coefficient (Wildman–Crippen LogP) is 3.36. The number of amides is 1. The highest BCUT2D eigenvalue weighted by Crippen LogP contribution is 2.23. The van der Waals surface area contributed by atoms with E-state index in [1.54, 1.807) is 0 Å². The molecule has 4 nitrogen and oxygen atoms in total. The lowest BCUT2D eigenvalue weighted by Crippen LogP contribution is -2.22. The van der Waals surface area contributed by atoms with Crippen LogP contribution in [0.2, 0.25) is 5.15 Å². The predicted molar refractivity (Wildman–Crippen MR) is 65.5 cm³/mol. The van der Waals surface area contributed by atoms with Crippen LogP contribution >= 0.6 is 11.6 Å². The zero-order chi connectivity index (χ0) is 16.4. The lowest BCUT2D eigenvalue weighted by atomic mass is 10.2. The second-order valence-corrected chi connectivity index (χ2v) is 6.80. The van der Waals surface area contributed by atoms with Crippen molar-refractivity contribution in [3.05, 3.63) is 28.5 Å². The van der Waals surface area contributed by atoms with Crippen molar-refractivity contribution >= 4 is 27.2 Å². The van der Waals surface area contributed by atoms with E-state index in [1.165, 1.54) is 0 Å². The average Bonchev–Trinajstić information content (AvgIpc) is 2.24. The van der Waals surface area contributed by atoms with Crippen molar-refractivity contribution < 1.29 is 31.0 Å². The van der Waals surface area contributed by atoms with Crippen LogP contribution in [0.3, 0.4) is 0 Å². The first-order valence-electron chi connectivity index (χ1n) is 5.16. The molecule has 0 spiro atoms. The lowest BCUT2D eigenvalue weighted by molar-refractivity contribution is -0.169. The lowest BCUT2D eigenvalue weighted by Gasteiger charge is -2.08.